The van der Waals surface area contributed by atoms with Gasteiger partial charge in [0.05, 0.1) is 0 Å². The van der Waals surface area contributed by atoms with Crippen LogP contribution in [0.5, 0.6) is 11.5 Å². The summed E-state index contributed by atoms with van der Waals surface area (Å²) in [6, 6.07) is 5.08. The fourth-order valence-corrected chi connectivity index (χ4v) is 2.35. The van der Waals surface area contributed by atoms with Gasteiger partial charge >= 0.3 is 0 Å². The molecule has 0 aromatic heterocycles. The third-order valence-electron chi connectivity index (χ3n) is 3.32. The molecule has 2 rings (SSSR count). The summed E-state index contributed by atoms with van der Waals surface area (Å²) in [4.78, 5) is 0. The summed E-state index contributed by atoms with van der Waals surface area (Å²) in [5.74, 6) is 0.751. The van der Waals surface area contributed by atoms with Gasteiger partial charge in [-0.15, -0.1) is 0 Å². The van der Waals surface area contributed by atoms with Crippen LogP contribution in [0.3, 0.4) is 0 Å². The first kappa shape index (κ1) is 11.3. The van der Waals surface area contributed by atoms with Crippen molar-refractivity contribution in [2.24, 2.45) is 5.92 Å². The maximum absolute atomic E-state index is 9.60. The lowest BCUT2D eigenvalue weighted by molar-refractivity contribution is 0.396. The van der Waals surface area contributed by atoms with Crippen molar-refractivity contribution in [2.75, 3.05) is 6.54 Å². The maximum Gasteiger partial charge on any atom is 0.161 e. The van der Waals surface area contributed by atoms with Crippen molar-refractivity contribution in [1.29, 1.82) is 0 Å². The molecule has 3 nitrogen and oxygen atoms in total. The van der Waals surface area contributed by atoms with Gasteiger partial charge in [0.1, 0.15) is 0 Å². The highest BCUT2D eigenvalue weighted by Crippen LogP contribution is 2.28. The average molecular weight is 221 g/mol. The highest BCUT2D eigenvalue weighted by atomic mass is 16.3. The zero-order chi connectivity index (χ0) is 11.4. The molecular formula is C13H19NO2. The Balaban J connectivity index is 1.82. The molecule has 1 aliphatic rings. The molecule has 1 fully saturated rings. The topological polar surface area (TPSA) is 52.5 Å². The van der Waals surface area contributed by atoms with Gasteiger partial charge in [0, 0.05) is 12.1 Å². The van der Waals surface area contributed by atoms with Crippen LogP contribution >= 0.6 is 0 Å². The van der Waals surface area contributed by atoms with Gasteiger partial charge in [0.15, 0.2) is 11.5 Å². The van der Waals surface area contributed by atoms with E-state index in [2.05, 4.69) is 5.32 Å². The minimum Gasteiger partial charge on any atom is -0.504 e. The van der Waals surface area contributed by atoms with E-state index in [9.17, 15) is 10.2 Å². The third kappa shape index (κ3) is 2.67. The van der Waals surface area contributed by atoms with E-state index in [1.54, 1.807) is 6.07 Å². The van der Waals surface area contributed by atoms with Gasteiger partial charge < -0.3 is 15.5 Å². The monoisotopic (exact) mass is 221 g/mol. The van der Waals surface area contributed by atoms with Gasteiger partial charge in [-0.05, 0) is 31.4 Å². The molecule has 0 radical (unpaired) electrons. The van der Waals surface area contributed by atoms with Gasteiger partial charge in [-0.2, -0.15) is 0 Å². The van der Waals surface area contributed by atoms with Crippen molar-refractivity contribution in [1.82, 2.24) is 5.32 Å². The molecule has 1 saturated carbocycles. The number of aromatic hydroxyl groups is 2. The summed E-state index contributed by atoms with van der Waals surface area (Å²) in [5.41, 5.74) is 0.762. The number of nitrogens with one attached hydrogen (secondary N) is 1. The van der Waals surface area contributed by atoms with Crippen LogP contribution in [0.25, 0.3) is 0 Å². The lowest BCUT2D eigenvalue weighted by Gasteiger charge is -2.11. The second kappa shape index (κ2) is 5.21. The van der Waals surface area contributed by atoms with E-state index in [-0.39, 0.29) is 11.5 Å². The molecule has 1 aromatic carbocycles. The lowest BCUT2D eigenvalue weighted by Crippen LogP contribution is -2.20. The maximum atomic E-state index is 9.60. The Labute approximate surface area is 96.1 Å². The van der Waals surface area contributed by atoms with E-state index in [1.807, 2.05) is 6.07 Å². The second-order valence-corrected chi connectivity index (χ2v) is 4.57. The molecule has 0 amide bonds. The number of para-hydroxylation sites is 1. The Hall–Kier alpha value is -1.22. The molecule has 16 heavy (non-hydrogen) atoms. The fourth-order valence-electron chi connectivity index (χ4n) is 2.35. The highest BCUT2D eigenvalue weighted by Gasteiger charge is 2.14. The quantitative estimate of drug-likeness (QED) is 0.684. The molecule has 0 atom stereocenters. The van der Waals surface area contributed by atoms with Crippen molar-refractivity contribution in [3.8, 4) is 11.5 Å². The molecular weight excluding hydrogens is 202 g/mol. The number of hydrogen-bond donors (Lipinski definition) is 3. The van der Waals surface area contributed by atoms with E-state index in [4.69, 9.17) is 0 Å². The zero-order valence-corrected chi connectivity index (χ0v) is 9.45. The summed E-state index contributed by atoms with van der Waals surface area (Å²) < 4.78 is 0. The lowest BCUT2D eigenvalue weighted by atomic mass is 10.1. The van der Waals surface area contributed by atoms with Crippen LogP contribution in [-0.4, -0.2) is 16.8 Å². The first-order valence-corrected chi connectivity index (χ1v) is 5.98. The Bertz CT molecular complexity index is 346. The number of benzene rings is 1. The van der Waals surface area contributed by atoms with Gasteiger partial charge in [-0.1, -0.05) is 25.0 Å². The first-order chi connectivity index (χ1) is 7.77. The molecule has 0 unspecified atom stereocenters. The number of rotatable bonds is 4. The van der Waals surface area contributed by atoms with Crippen LogP contribution in [0.2, 0.25) is 0 Å². The third-order valence-corrected chi connectivity index (χ3v) is 3.32. The van der Waals surface area contributed by atoms with E-state index in [0.29, 0.717) is 6.54 Å². The van der Waals surface area contributed by atoms with Crippen molar-refractivity contribution in [3.63, 3.8) is 0 Å². The summed E-state index contributed by atoms with van der Waals surface area (Å²) in [6.07, 6.45) is 5.34. The molecule has 0 bridgehead atoms. The van der Waals surface area contributed by atoms with Gasteiger partial charge in [0.2, 0.25) is 0 Å². The van der Waals surface area contributed by atoms with Crippen molar-refractivity contribution < 1.29 is 10.2 Å². The van der Waals surface area contributed by atoms with Crippen LogP contribution in [0.1, 0.15) is 31.2 Å². The normalized spacial score (nSPS) is 16.8. The van der Waals surface area contributed by atoms with Crippen LogP contribution in [0.15, 0.2) is 18.2 Å². The predicted molar refractivity (Wildman–Crippen MR) is 63.4 cm³/mol. The van der Waals surface area contributed by atoms with Crippen molar-refractivity contribution in [3.05, 3.63) is 23.8 Å². The standard InChI is InChI=1S/C13H19NO2/c15-12-7-3-6-11(13(12)16)9-14-8-10-4-1-2-5-10/h3,6-7,10,14-16H,1-2,4-5,8-9H2. The predicted octanol–water partition coefficient (Wildman–Crippen LogP) is 2.38. The molecule has 3 N–H and O–H groups in total. The summed E-state index contributed by atoms with van der Waals surface area (Å²) >= 11 is 0. The average Bonchev–Trinajstić information content (AvgIpc) is 2.77. The van der Waals surface area contributed by atoms with E-state index in [0.717, 1.165) is 18.0 Å². The Morgan fingerprint density at radius 3 is 2.69 bits per heavy atom. The van der Waals surface area contributed by atoms with Crippen LogP contribution in [-0.2, 0) is 6.54 Å². The molecule has 0 spiro atoms. The van der Waals surface area contributed by atoms with E-state index < -0.39 is 0 Å². The number of phenols is 2. The molecule has 1 aromatic rings. The summed E-state index contributed by atoms with van der Waals surface area (Å²) in [5, 5.41) is 22.3. The minimum absolute atomic E-state index is 0.00132. The van der Waals surface area contributed by atoms with Gasteiger partial charge in [-0.3, -0.25) is 0 Å². The van der Waals surface area contributed by atoms with Gasteiger partial charge in [0.25, 0.3) is 0 Å². The second-order valence-electron chi connectivity index (χ2n) is 4.57. The van der Waals surface area contributed by atoms with E-state index >= 15 is 0 Å². The molecule has 0 heterocycles. The number of phenolic OH excluding ortho intramolecular Hbond substituents is 2. The van der Waals surface area contributed by atoms with Crippen LogP contribution < -0.4 is 5.32 Å². The summed E-state index contributed by atoms with van der Waals surface area (Å²) in [6.45, 7) is 1.63. The fraction of sp³-hybridized carbons (Fsp3) is 0.538. The summed E-state index contributed by atoms with van der Waals surface area (Å²) in [7, 11) is 0. The Morgan fingerprint density at radius 1 is 1.19 bits per heavy atom. The van der Waals surface area contributed by atoms with E-state index in [1.165, 1.54) is 31.7 Å². The van der Waals surface area contributed by atoms with Crippen LogP contribution in [0, 0.1) is 5.92 Å². The molecule has 1 aliphatic carbocycles. The first-order valence-electron chi connectivity index (χ1n) is 5.98. The Morgan fingerprint density at radius 2 is 1.94 bits per heavy atom. The minimum atomic E-state index is -0.0415. The molecule has 88 valence electrons. The Kier molecular flexibility index (Phi) is 3.67. The molecule has 0 aliphatic heterocycles. The molecule has 3 heteroatoms. The van der Waals surface area contributed by atoms with Crippen LogP contribution in [0.4, 0.5) is 0 Å². The zero-order valence-electron chi connectivity index (χ0n) is 9.45. The SMILES string of the molecule is Oc1cccc(CNCC2CCCC2)c1O. The van der Waals surface area contributed by atoms with Crippen molar-refractivity contribution in [2.45, 2.75) is 32.2 Å². The smallest absolute Gasteiger partial charge is 0.161 e. The highest BCUT2D eigenvalue weighted by molar-refractivity contribution is 5.44. The number of hydrogen-bond acceptors (Lipinski definition) is 3. The molecule has 0 saturated heterocycles. The van der Waals surface area contributed by atoms with Crippen molar-refractivity contribution >= 4 is 0 Å². The largest absolute Gasteiger partial charge is 0.504 e. The van der Waals surface area contributed by atoms with Gasteiger partial charge in [-0.25, -0.2) is 0 Å².